The van der Waals surface area contributed by atoms with E-state index in [1.807, 2.05) is 12.1 Å². The molecule has 0 spiro atoms. The predicted molar refractivity (Wildman–Crippen MR) is 124 cm³/mol. The van der Waals surface area contributed by atoms with E-state index in [1.54, 1.807) is 12.1 Å². The fraction of sp³-hybridized carbons (Fsp3) is 0.318. The Bertz CT molecular complexity index is 1490. The van der Waals surface area contributed by atoms with E-state index in [-0.39, 0.29) is 23.4 Å². The molecule has 0 fully saturated rings. The Labute approximate surface area is 195 Å². The Morgan fingerprint density at radius 2 is 1.82 bits per heavy atom. The van der Waals surface area contributed by atoms with E-state index < -0.39 is 39.8 Å². The molecule has 0 aliphatic carbocycles. The summed E-state index contributed by atoms with van der Waals surface area (Å²) < 4.78 is 40.5. The summed E-state index contributed by atoms with van der Waals surface area (Å²) in [5, 5.41) is 2.74. The second-order valence-corrected chi connectivity index (χ2v) is 9.99. The number of nitrogens with zero attached hydrogens (tertiary/aromatic N) is 3. The topological polar surface area (TPSA) is 129 Å². The van der Waals surface area contributed by atoms with Gasteiger partial charge in [0.25, 0.3) is 5.56 Å². The fourth-order valence-corrected chi connectivity index (χ4v) is 4.80. The lowest BCUT2D eigenvalue weighted by atomic mass is 10.2. The number of rotatable bonds is 6. The summed E-state index contributed by atoms with van der Waals surface area (Å²) in [5.74, 6) is 0.682. The number of fused-ring (bicyclic) bond motifs is 2. The molecule has 2 aromatic carbocycles. The van der Waals surface area contributed by atoms with Crippen molar-refractivity contribution in [2.24, 2.45) is 14.1 Å². The van der Waals surface area contributed by atoms with E-state index in [0.29, 0.717) is 17.0 Å². The van der Waals surface area contributed by atoms with Crippen LogP contribution in [0.5, 0.6) is 11.5 Å². The van der Waals surface area contributed by atoms with E-state index in [9.17, 15) is 22.8 Å². The van der Waals surface area contributed by atoms with Gasteiger partial charge in [0.05, 0.1) is 28.9 Å². The van der Waals surface area contributed by atoms with Gasteiger partial charge in [-0.2, -0.15) is 4.31 Å². The van der Waals surface area contributed by atoms with Crippen molar-refractivity contribution in [1.29, 1.82) is 0 Å². The van der Waals surface area contributed by atoms with Crippen molar-refractivity contribution in [3.05, 3.63) is 63.3 Å². The van der Waals surface area contributed by atoms with E-state index in [2.05, 4.69) is 5.32 Å². The number of sulfonamides is 1. The first-order valence-electron chi connectivity index (χ1n) is 10.4. The van der Waals surface area contributed by atoms with Crippen molar-refractivity contribution < 1.29 is 22.7 Å². The lowest BCUT2D eigenvalue weighted by Gasteiger charge is -2.26. The number of benzene rings is 2. The van der Waals surface area contributed by atoms with Crippen LogP contribution in [-0.2, 0) is 28.9 Å². The number of para-hydroxylation sites is 2. The van der Waals surface area contributed by atoms with Gasteiger partial charge in [-0.3, -0.25) is 18.7 Å². The van der Waals surface area contributed by atoms with Crippen molar-refractivity contribution in [2.75, 3.05) is 26.7 Å². The van der Waals surface area contributed by atoms with E-state index in [4.69, 9.17) is 9.47 Å². The highest BCUT2D eigenvalue weighted by molar-refractivity contribution is 7.89. The molecule has 1 N–H and O–H groups in total. The van der Waals surface area contributed by atoms with Crippen LogP contribution >= 0.6 is 0 Å². The van der Waals surface area contributed by atoms with Gasteiger partial charge in [0.2, 0.25) is 15.9 Å². The van der Waals surface area contributed by atoms with Crippen LogP contribution < -0.4 is 26.0 Å². The molecule has 1 aliphatic rings. The fourth-order valence-electron chi connectivity index (χ4n) is 3.65. The molecule has 0 saturated heterocycles. The summed E-state index contributed by atoms with van der Waals surface area (Å²) in [6, 6.07) is 11.1. The summed E-state index contributed by atoms with van der Waals surface area (Å²) in [6.45, 7) is -0.0447. The van der Waals surface area contributed by atoms with E-state index in [1.165, 1.54) is 43.9 Å². The quantitative estimate of drug-likeness (QED) is 0.509. The predicted octanol–water partition coefficient (Wildman–Crippen LogP) is -0.186. The van der Waals surface area contributed by atoms with Crippen molar-refractivity contribution in [3.8, 4) is 11.5 Å². The first kappa shape index (κ1) is 23.5. The van der Waals surface area contributed by atoms with Crippen LogP contribution in [0.15, 0.2) is 56.9 Å². The number of aromatic nitrogens is 2. The summed E-state index contributed by atoms with van der Waals surface area (Å²) in [4.78, 5) is 36.8. The van der Waals surface area contributed by atoms with Gasteiger partial charge in [0.15, 0.2) is 11.5 Å². The Hall–Kier alpha value is -3.64. The molecule has 1 amide bonds. The van der Waals surface area contributed by atoms with Crippen molar-refractivity contribution in [3.63, 3.8) is 0 Å². The number of amides is 1. The number of nitrogens with one attached hydrogen (secondary N) is 1. The molecule has 2 heterocycles. The summed E-state index contributed by atoms with van der Waals surface area (Å²) >= 11 is 0. The third-order valence-corrected chi connectivity index (χ3v) is 7.41. The highest BCUT2D eigenvalue weighted by Crippen LogP contribution is 2.30. The Morgan fingerprint density at radius 3 is 2.56 bits per heavy atom. The number of likely N-dealkylation sites (N-methyl/N-ethyl adjacent to an activating group) is 1. The number of ether oxygens (including phenoxy) is 2. The monoisotopic (exact) mass is 488 g/mol. The molecule has 180 valence electrons. The molecule has 12 heteroatoms. The van der Waals surface area contributed by atoms with Crippen molar-refractivity contribution in [1.82, 2.24) is 18.8 Å². The number of hydrogen-bond acceptors (Lipinski definition) is 7. The SMILES string of the molecule is CN(CC(=O)NCC1COc2ccccc2O1)S(=O)(=O)c1ccc2c(c1)c(=O)n(C)c(=O)n2C. The molecular weight excluding hydrogens is 464 g/mol. The maximum atomic E-state index is 13.0. The maximum absolute atomic E-state index is 13.0. The van der Waals surface area contributed by atoms with Gasteiger partial charge in [-0.1, -0.05) is 12.1 Å². The number of carbonyl (C=O) groups excluding carboxylic acids is 1. The minimum Gasteiger partial charge on any atom is -0.486 e. The van der Waals surface area contributed by atoms with Crippen molar-refractivity contribution in [2.45, 2.75) is 11.0 Å². The molecule has 0 saturated carbocycles. The van der Waals surface area contributed by atoms with Crippen LogP contribution in [0.1, 0.15) is 0 Å². The Kier molecular flexibility index (Phi) is 6.19. The lowest BCUT2D eigenvalue weighted by Crippen LogP contribution is -2.44. The van der Waals surface area contributed by atoms with Crippen LogP contribution in [0, 0.1) is 0 Å². The maximum Gasteiger partial charge on any atom is 0.330 e. The van der Waals surface area contributed by atoms with Crippen LogP contribution in [-0.4, -0.2) is 60.6 Å². The summed E-state index contributed by atoms with van der Waals surface area (Å²) in [6.07, 6.45) is -0.413. The van der Waals surface area contributed by atoms with Gasteiger partial charge < -0.3 is 14.8 Å². The molecule has 1 aromatic heterocycles. The van der Waals surface area contributed by atoms with Gasteiger partial charge in [-0.15, -0.1) is 0 Å². The average Bonchev–Trinajstić information content (AvgIpc) is 2.84. The van der Waals surface area contributed by atoms with Crippen LogP contribution in [0.25, 0.3) is 10.9 Å². The third-order valence-electron chi connectivity index (χ3n) is 5.61. The molecule has 0 bridgehead atoms. The molecule has 1 atom stereocenters. The average molecular weight is 489 g/mol. The van der Waals surface area contributed by atoms with E-state index in [0.717, 1.165) is 8.87 Å². The Balaban J connectivity index is 1.45. The second-order valence-electron chi connectivity index (χ2n) is 7.95. The zero-order valence-electron chi connectivity index (χ0n) is 18.8. The van der Waals surface area contributed by atoms with Gasteiger partial charge in [0, 0.05) is 21.1 Å². The highest BCUT2D eigenvalue weighted by Gasteiger charge is 2.26. The number of carbonyl (C=O) groups is 1. The molecule has 0 radical (unpaired) electrons. The summed E-state index contributed by atoms with van der Waals surface area (Å²) in [7, 11) is 0.00731. The van der Waals surface area contributed by atoms with Gasteiger partial charge >= 0.3 is 5.69 Å². The zero-order chi connectivity index (χ0) is 24.6. The number of aryl methyl sites for hydroxylation is 1. The standard InChI is InChI=1S/C22H24N4O7S/c1-24(12-20(27)23-11-14-13-32-18-6-4-5-7-19(18)33-14)34(30,31)15-8-9-17-16(10-15)21(28)26(3)22(29)25(17)2/h4-10,14H,11-13H2,1-3H3,(H,23,27). The minimum atomic E-state index is -4.08. The van der Waals surface area contributed by atoms with Crippen LogP contribution in [0.3, 0.4) is 0 Å². The summed E-state index contributed by atoms with van der Waals surface area (Å²) in [5.41, 5.74) is -0.812. The zero-order valence-corrected chi connectivity index (χ0v) is 19.7. The smallest absolute Gasteiger partial charge is 0.330 e. The highest BCUT2D eigenvalue weighted by atomic mass is 32.2. The number of hydrogen-bond donors (Lipinski definition) is 1. The Morgan fingerprint density at radius 1 is 1.12 bits per heavy atom. The molecule has 4 rings (SSSR count). The molecule has 34 heavy (non-hydrogen) atoms. The lowest BCUT2D eigenvalue weighted by molar-refractivity contribution is -0.121. The molecule has 11 nitrogen and oxygen atoms in total. The first-order valence-corrected chi connectivity index (χ1v) is 11.8. The minimum absolute atomic E-state index is 0.0817. The van der Waals surface area contributed by atoms with Crippen LogP contribution in [0.4, 0.5) is 0 Å². The van der Waals surface area contributed by atoms with E-state index >= 15 is 0 Å². The van der Waals surface area contributed by atoms with Gasteiger partial charge in [-0.05, 0) is 30.3 Å². The normalized spacial score (nSPS) is 15.5. The molecule has 1 unspecified atom stereocenters. The molecular formula is C22H24N4O7S. The second kappa shape index (κ2) is 8.95. The third kappa shape index (κ3) is 4.29. The molecule has 3 aromatic rings. The van der Waals surface area contributed by atoms with Crippen molar-refractivity contribution >= 4 is 26.8 Å². The van der Waals surface area contributed by atoms with Crippen LogP contribution in [0.2, 0.25) is 0 Å². The first-order chi connectivity index (χ1) is 16.1. The van der Waals surface area contributed by atoms with Gasteiger partial charge in [-0.25, -0.2) is 13.2 Å². The molecule has 1 aliphatic heterocycles. The van der Waals surface area contributed by atoms with Gasteiger partial charge in [0.1, 0.15) is 12.7 Å². The largest absolute Gasteiger partial charge is 0.486 e.